The lowest BCUT2D eigenvalue weighted by atomic mass is 10.0. The van der Waals surface area contributed by atoms with Crippen molar-refractivity contribution in [3.63, 3.8) is 0 Å². The van der Waals surface area contributed by atoms with E-state index in [9.17, 15) is 0 Å². The summed E-state index contributed by atoms with van der Waals surface area (Å²) < 4.78 is 9.53. The van der Waals surface area contributed by atoms with Gasteiger partial charge in [0.05, 0.1) is 33.1 Å². The van der Waals surface area contributed by atoms with Gasteiger partial charge in [-0.15, -0.1) is 0 Å². The fourth-order valence-corrected chi connectivity index (χ4v) is 10.9. The molecular weight excluding hydrogens is 825 g/mol. The maximum atomic E-state index is 2.45. The molecule has 10 aromatic carbocycles. The van der Waals surface area contributed by atoms with Crippen molar-refractivity contribution in [3.8, 4) is 56.1 Å². The van der Waals surface area contributed by atoms with Gasteiger partial charge < -0.3 is 18.3 Å². The fraction of sp³-hybridized carbons (Fsp3) is 0. The minimum atomic E-state index is 1.14. The molecule has 0 N–H and O–H groups in total. The van der Waals surface area contributed by atoms with Gasteiger partial charge in [0, 0.05) is 67.5 Å². The van der Waals surface area contributed by atoms with Crippen LogP contribution in [0, 0.1) is 0 Å². The molecule has 318 valence electrons. The largest absolute Gasteiger partial charge is 0.316 e. The second-order valence-electron chi connectivity index (χ2n) is 17.8. The van der Waals surface area contributed by atoms with E-state index in [0.717, 1.165) is 22.7 Å². The molecule has 0 spiro atoms. The molecule has 4 heteroatoms. The monoisotopic (exact) mass is 866 g/mol. The van der Waals surface area contributed by atoms with Crippen molar-refractivity contribution in [1.29, 1.82) is 0 Å². The van der Waals surface area contributed by atoms with E-state index in [1.54, 1.807) is 0 Å². The Bertz CT molecular complexity index is 3940. The van der Waals surface area contributed by atoms with E-state index in [-0.39, 0.29) is 0 Å². The molecule has 14 aromatic rings. The van der Waals surface area contributed by atoms with E-state index < -0.39 is 0 Å². The van der Waals surface area contributed by atoms with Gasteiger partial charge >= 0.3 is 0 Å². The van der Waals surface area contributed by atoms with Crippen molar-refractivity contribution in [1.82, 2.24) is 18.3 Å². The van der Waals surface area contributed by atoms with Gasteiger partial charge in [-0.3, -0.25) is 0 Å². The summed E-state index contributed by atoms with van der Waals surface area (Å²) in [6, 6.07) is 88.3. The standard InChI is InChI=1S/C64H42N4/c1-3-13-43(14-4-1)47-17-11-19-51(41-47)65-39-37-57-59(65)35-33-55-53-21-7-9-23-61(53)67(63(55)57)49-29-25-45(26-30-49)46-27-31-50(32-28-46)68-62-24-10-8-22-54(62)56-34-36-60-58(64(56)68)38-40-66(60)52-20-12-18-48(42-52)44-15-5-2-6-16-44/h1-42H. The van der Waals surface area contributed by atoms with E-state index in [2.05, 4.69) is 273 Å². The first-order valence-electron chi connectivity index (χ1n) is 23.3. The Labute approximate surface area is 393 Å². The van der Waals surface area contributed by atoms with Crippen molar-refractivity contribution in [2.45, 2.75) is 0 Å². The molecule has 0 radical (unpaired) electrons. The van der Waals surface area contributed by atoms with Gasteiger partial charge in [0.25, 0.3) is 0 Å². The third kappa shape index (κ3) is 5.94. The Balaban J connectivity index is 0.837. The molecule has 0 aliphatic heterocycles. The van der Waals surface area contributed by atoms with Gasteiger partial charge in [0.15, 0.2) is 0 Å². The number of hydrogen-bond acceptors (Lipinski definition) is 0. The summed E-state index contributed by atoms with van der Waals surface area (Å²) in [5.41, 5.74) is 18.9. The Morgan fingerprint density at radius 3 is 1.03 bits per heavy atom. The first-order valence-corrected chi connectivity index (χ1v) is 23.3. The molecule has 0 saturated heterocycles. The molecule has 0 fully saturated rings. The molecule has 0 aliphatic carbocycles. The third-order valence-corrected chi connectivity index (χ3v) is 14.1. The predicted octanol–water partition coefficient (Wildman–Crippen LogP) is 16.8. The van der Waals surface area contributed by atoms with Gasteiger partial charge in [-0.25, -0.2) is 0 Å². The van der Waals surface area contributed by atoms with E-state index in [4.69, 9.17) is 0 Å². The van der Waals surface area contributed by atoms with Crippen LogP contribution in [-0.2, 0) is 0 Å². The van der Waals surface area contributed by atoms with Crippen molar-refractivity contribution in [3.05, 3.63) is 255 Å². The number of para-hydroxylation sites is 2. The molecule has 0 saturated carbocycles. The molecule has 0 atom stereocenters. The minimum Gasteiger partial charge on any atom is -0.316 e. The van der Waals surface area contributed by atoms with Gasteiger partial charge in [0.1, 0.15) is 0 Å². The predicted molar refractivity (Wildman–Crippen MR) is 285 cm³/mol. The van der Waals surface area contributed by atoms with Crippen LogP contribution in [0.25, 0.3) is 122 Å². The van der Waals surface area contributed by atoms with E-state index in [1.807, 2.05) is 0 Å². The summed E-state index contributed by atoms with van der Waals surface area (Å²) in [6.07, 6.45) is 4.43. The highest BCUT2D eigenvalue weighted by Crippen LogP contribution is 2.41. The summed E-state index contributed by atoms with van der Waals surface area (Å²) in [7, 11) is 0. The number of aromatic nitrogens is 4. The van der Waals surface area contributed by atoms with Crippen LogP contribution in [0.5, 0.6) is 0 Å². The van der Waals surface area contributed by atoms with E-state index in [1.165, 1.54) is 98.8 Å². The lowest BCUT2D eigenvalue weighted by molar-refractivity contribution is 1.13. The van der Waals surface area contributed by atoms with Gasteiger partial charge in [-0.1, -0.05) is 158 Å². The first kappa shape index (κ1) is 38.2. The van der Waals surface area contributed by atoms with E-state index in [0.29, 0.717) is 0 Å². The quantitative estimate of drug-likeness (QED) is 0.152. The van der Waals surface area contributed by atoms with Crippen molar-refractivity contribution in [2.75, 3.05) is 0 Å². The molecule has 0 aliphatic rings. The first-order chi connectivity index (χ1) is 33.7. The molecule has 0 unspecified atom stereocenters. The third-order valence-electron chi connectivity index (χ3n) is 14.1. The number of nitrogens with zero attached hydrogens (tertiary/aromatic N) is 4. The second kappa shape index (κ2) is 15.2. The zero-order chi connectivity index (χ0) is 44.7. The Hall–Kier alpha value is -9.12. The Morgan fingerprint density at radius 1 is 0.206 bits per heavy atom. The van der Waals surface area contributed by atoms with Gasteiger partial charge in [-0.05, 0) is 118 Å². The number of fused-ring (bicyclic) bond motifs is 10. The summed E-state index contributed by atoms with van der Waals surface area (Å²) in [6.45, 7) is 0. The van der Waals surface area contributed by atoms with Crippen molar-refractivity contribution >= 4 is 65.4 Å². The maximum absolute atomic E-state index is 2.45. The summed E-state index contributed by atoms with van der Waals surface area (Å²) in [5.74, 6) is 0. The molecule has 14 rings (SSSR count). The van der Waals surface area contributed by atoms with E-state index >= 15 is 0 Å². The Morgan fingerprint density at radius 2 is 0.588 bits per heavy atom. The molecular formula is C64H42N4. The highest BCUT2D eigenvalue weighted by atomic mass is 15.0. The van der Waals surface area contributed by atoms with Gasteiger partial charge in [-0.2, -0.15) is 0 Å². The summed E-state index contributed by atoms with van der Waals surface area (Å²) in [4.78, 5) is 0. The lowest BCUT2D eigenvalue weighted by Crippen LogP contribution is -1.96. The number of rotatable bonds is 7. The van der Waals surface area contributed by atoms with Crippen LogP contribution in [0.15, 0.2) is 255 Å². The average molecular weight is 867 g/mol. The second-order valence-corrected chi connectivity index (χ2v) is 17.8. The highest BCUT2D eigenvalue weighted by Gasteiger charge is 2.19. The van der Waals surface area contributed by atoms with Crippen LogP contribution in [0.3, 0.4) is 0 Å². The maximum Gasteiger partial charge on any atom is 0.0635 e. The molecule has 68 heavy (non-hydrogen) atoms. The topological polar surface area (TPSA) is 19.7 Å². The zero-order valence-electron chi connectivity index (χ0n) is 37.0. The van der Waals surface area contributed by atoms with Crippen LogP contribution in [0.2, 0.25) is 0 Å². The molecule has 4 nitrogen and oxygen atoms in total. The number of benzene rings is 10. The normalized spacial score (nSPS) is 11.8. The van der Waals surface area contributed by atoms with Crippen LogP contribution in [-0.4, -0.2) is 18.3 Å². The SMILES string of the molecule is c1ccc(-c2cccc(-n3ccc4c3ccc3c5ccccc5n(-c5ccc(-c6ccc(-n7c8ccccc8c8ccc9c(ccn9-c9cccc(-c%10ccccc%10)c9)c87)cc6)cc5)c34)c2)cc1. The molecule has 0 bridgehead atoms. The molecule has 4 heterocycles. The van der Waals surface area contributed by atoms with Crippen molar-refractivity contribution < 1.29 is 0 Å². The smallest absolute Gasteiger partial charge is 0.0635 e. The minimum absolute atomic E-state index is 1.14. The molecule has 0 amide bonds. The van der Waals surface area contributed by atoms with Crippen LogP contribution < -0.4 is 0 Å². The fourth-order valence-electron chi connectivity index (χ4n) is 10.9. The number of hydrogen-bond donors (Lipinski definition) is 0. The lowest BCUT2D eigenvalue weighted by Gasteiger charge is -2.12. The van der Waals surface area contributed by atoms with Crippen LogP contribution in [0.1, 0.15) is 0 Å². The summed E-state index contributed by atoms with van der Waals surface area (Å²) >= 11 is 0. The Kier molecular flexibility index (Phi) is 8.55. The average Bonchev–Trinajstić information content (AvgIpc) is 4.21. The van der Waals surface area contributed by atoms with Crippen molar-refractivity contribution in [2.24, 2.45) is 0 Å². The molecule has 4 aromatic heterocycles. The van der Waals surface area contributed by atoms with Crippen LogP contribution in [0.4, 0.5) is 0 Å². The summed E-state index contributed by atoms with van der Waals surface area (Å²) in [5, 5.41) is 7.44. The van der Waals surface area contributed by atoms with Gasteiger partial charge in [0.2, 0.25) is 0 Å². The van der Waals surface area contributed by atoms with Crippen LogP contribution >= 0.6 is 0 Å². The zero-order valence-corrected chi connectivity index (χ0v) is 37.0. The highest BCUT2D eigenvalue weighted by molar-refractivity contribution is 6.19.